The average molecular weight is 167 g/mol. The largest absolute Gasteiger partial charge is 0.367 e. The Hall–Kier alpha value is -1.57. The van der Waals surface area contributed by atoms with E-state index in [0.717, 1.165) is 12.8 Å². The van der Waals surface area contributed by atoms with Crippen LogP contribution in [-0.2, 0) is 9.59 Å². The molecule has 5 heteroatoms. The molecular formula is C7H9N3O2. The highest BCUT2D eigenvalue weighted by Gasteiger charge is 2.31. The highest BCUT2D eigenvalue weighted by atomic mass is 16.2. The summed E-state index contributed by atoms with van der Waals surface area (Å²) >= 11 is 0. The summed E-state index contributed by atoms with van der Waals surface area (Å²) in [6.07, 6.45) is 1.67. The van der Waals surface area contributed by atoms with Crippen molar-refractivity contribution in [1.29, 1.82) is 5.26 Å². The van der Waals surface area contributed by atoms with E-state index in [1.807, 2.05) is 0 Å². The van der Waals surface area contributed by atoms with Crippen LogP contribution in [0.25, 0.3) is 0 Å². The third-order valence-corrected chi connectivity index (χ3v) is 1.65. The molecule has 3 N–H and O–H groups in total. The van der Waals surface area contributed by atoms with Crippen LogP contribution in [-0.4, -0.2) is 17.9 Å². The number of nitrogens with zero attached hydrogens (tertiary/aromatic N) is 1. The molecule has 0 aromatic carbocycles. The second-order valence-corrected chi connectivity index (χ2v) is 2.75. The highest BCUT2D eigenvalue weighted by Crippen LogP contribution is 2.28. The van der Waals surface area contributed by atoms with Crippen LogP contribution in [0.5, 0.6) is 0 Å². The fraction of sp³-hybridized carbons (Fsp3) is 0.571. The van der Waals surface area contributed by atoms with Crippen LogP contribution in [0.3, 0.4) is 0 Å². The molecule has 0 radical (unpaired) electrons. The van der Waals surface area contributed by atoms with Gasteiger partial charge in [0.25, 0.3) is 5.91 Å². The zero-order valence-corrected chi connectivity index (χ0v) is 6.41. The smallest absolute Gasteiger partial charge is 0.254 e. The summed E-state index contributed by atoms with van der Waals surface area (Å²) in [5.41, 5.74) is 4.84. The number of carbonyl (C=O) groups is 2. The van der Waals surface area contributed by atoms with E-state index in [1.54, 1.807) is 6.07 Å². The van der Waals surface area contributed by atoms with Crippen molar-refractivity contribution in [3.63, 3.8) is 0 Å². The van der Waals surface area contributed by atoms with E-state index in [9.17, 15) is 9.59 Å². The second kappa shape index (κ2) is 3.22. The topological polar surface area (TPSA) is 96.0 Å². The zero-order valence-electron chi connectivity index (χ0n) is 6.41. The van der Waals surface area contributed by atoms with Crippen molar-refractivity contribution in [2.24, 2.45) is 11.7 Å². The Bertz CT molecular complexity index is 252. The Morgan fingerprint density at radius 3 is 2.50 bits per heavy atom. The zero-order chi connectivity index (χ0) is 9.14. The van der Waals surface area contributed by atoms with Gasteiger partial charge in [-0.05, 0) is 12.8 Å². The van der Waals surface area contributed by atoms with Gasteiger partial charge in [0.2, 0.25) is 5.91 Å². The number of hydrogen-bond donors (Lipinski definition) is 2. The quantitative estimate of drug-likeness (QED) is 0.557. The number of amides is 2. The minimum atomic E-state index is -1.18. The van der Waals surface area contributed by atoms with Crippen LogP contribution in [0.15, 0.2) is 0 Å². The molecule has 1 atom stereocenters. The van der Waals surface area contributed by atoms with Gasteiger partial charge in [-0.1, -0.05) is 0 Å². The maximum absolute atomic E-state index is 11.0. The molecule has 1 rings (SSSR count). The lowest BCUT2D eigenvalue weighted by Crippen LogP contribution is -2.43. The molecule has 0 bridgehead atoms. The van der Waals surface area contributed by atoms with Crippen molar-refractivity contribution in [2.45, 2.75) is 18.9 Å². The Morgan fingerprint density at radius 2 is 2.17 bits per heavy atom. The van der Waals surface area contributed by atoms with Crippen LogP contribution in [0.2, 0.25) is 0 Å². The number of hydrogen-bond acceptors (Lipinski definition) is 3. The average Bonchev–Trinajstić information content (AvgIpc) is 2.80. The molecule has 2 amide bonds. The SMILES string of the molecule is N#CC(NC(=O)C1CC1)C(N)=O. The fourth-order valence-electron chi connectivity index (χ4n) is 0.773. The molecule has 1 fully saturated rings. The Kier molecular flexibility index (Phi) is 2.29. The summed E-state index contributed by atoms with van der Waals surface area (Å²) in [5, 5.41) is 10.6. The van der Waals surface area contributed by atoms with Gasteiger partial charge in [0.05, 0.1) is 6.07 Å². The van der Waals surface area contributed by atoms with Gasteiger partial charge in [-0.3, -0.25) is 9.59 Å². The standard InChI is InChI=1S/C7H9N3O2/c8-3-5(6(9)11)10-7(12)4-1-2-4/h4-5H,1-2H2,(H2,9,11)(H,10,12). The molecule has 1 unspecified atom stereocenters. The normalized spacial score (nSPS) is 17.6. The van der Waals surface area contributed by atoms with E-state index in [1.165, 1.54) is 0 Å². The molecule has 0 saturated heterocycles. The molecule has 12 heavy (non-hydrogen) atoms. The first-order valence-corrected chi connectivity index (χ1v) is 3.64. The number of nitrogens with two attached hydrogens (primary N) is 1. The van der Waals surface area contributed by atoms with Gasteiger partial charge in [-0.2, -0.15) is 5.26 Å². The number of nitrogens with one attached hydrogen (secondary N) is 1. The maximum atomic E-state index is 11.0. The molecule has 0 spiro atoms. The highest BCUT2D eigenvalue weighted by molar-refractivity contribution is 5.90. The van der Waals surface area contributed by atoms with Crippen molar-refractivity contribution in [1.82, 2.24) is 5.32 Å². The van der Waals surface area contributed by atoms with Gasteiger partial charge in [-0.25, -0.2) is 0 Å². The summed E-state index contributed by atoms with van der Waals surface area (Å²) < 4.78 is 0. The molecule has 0 heterocycles. The van der Waals surface area contributed by atoms with Crippen LogP contribution < -0.4 is 11.1 Å². The van der Waals surface area contributed by atoms with E-state index in [-0.39, 0.29) is 11.8 Å². The monoisotopic (exact) mass is 167 g/mol. The minimum Gasteiger partial charge on any atom is -0.367 e. The van der Waals surface area contributed by atoms with Gasteiger partial charge in [-0.15, -0.1) is 0 Å². The van der Waals surface area contributed by atoms with Gasteiger partial charge in [0, 0.05) is 5.92 Å². The first-order chi connectivity index (χ1) is 5.65. The van der Waals surface area contributed by atoms with E-state index in [4.69, 9.17) is 11.0 Å². The Labute approximate surface area is 69.5 Å². The van der Waals surface area contributed by atoms with E-state index in [2.05, 4.69) is 5.32 Å². The fourth-order valence-corrected chi connectivity index (χ4v) is 0.773. The number of rotatable bonds is 3. The molecular weight excluding hydrogens is 158 g/mol. The predicted octanol–water partition coefficient (Wildman–Crippen LogP) is -1.11. The summed E-state index contributed by atoms with van der Waals surface area (Å²) in [4.78, 5) is 21.5. The number of nitriles is 1. The lowest BCUT2D eigenvalue weighted by Gasteiger charge is -2.05. The van der Waals surface area contributed by atoms with E-state index < -0.39 is 11.9 Å². The van der Waals surface area contributed by atoms with E-state index in [0.29, 0.717) is 0 Å². The second-order valence-electron chi connectivity index (χ2n) is 2.75. The molecule has 1 saturated carbocycles. The maximum Gasteiger partial charge on any atom is 0.254 e. The molecule has 1 aliphatic rings. The first-order valence-electron chi connectivity index (χ1n) is 3.64. The lowest BCUT2D eigenvalue weighted by atomic mass is 10.3. The van der Waals surface area contributed by atoms with Gasteiger partial charge in [0.1, 0.15) is 0 Å². The lowest BCUT2D eigenvalue weighted by molar-refractivity contribution is -0.127. The van der Waals surface area contributed by atoms with Crippen molar-refractivity contribution >= 4 is 11.8 Å². The van der Waals surface area contributed by atoms with Crippen molar-refractivity contribution in [3.8, 4) is 6.07 Å². The van der Waals surface area contributed by atoms with Gasteiger partial charge < -0.3 is 11.1 Å². The van der Waals surface area contributed by atoms with Crippen LogP contribution in [0.4, 0.5) is 0 Å². The summed E-state index contributed by atoms with van der Waals surface area (Å²) in [6.45, 7) is 0. The van der Waals surface area contributed by atoms with Crippen LogP contribution in [0.1, 0.15) is 12.8 Å². The predicted molar refractivity (Wildman–Crippen MR) is 39.5 cm³/mol. The molecule has 0 aromatic rings. The van der Waals surface area contributed by atoms with Gasteiger partial charge in [0.15, 0.2) is 6.04 Å². The van der Waals surface area contributed by atoms with Crippen molar-refractivity contribution in [2.75, 3.05) is 0 Å². The Balaban J connectivity index is 2.42. The third kappa shape index (κ3) is 1.95. The molecule has 0 aromatic heterocycles. The first kappa shape index (κ1) is 8.53. The minimum absolute atomic E-state index is 0.0137. The number of primary amides is 1. The summed E-state index contributed by atoms with van der Waals surface area (Å²) in [5.74, 6) is -1.08. The Morgan fingerprint density at radius 1 is 1.58 bits per heavy atom. The third-order valence-electron chi connectivity index (χ3n) is 1.65. The van der Waals surface area contributed by atoms with Crippen LogP contribution >= 0.6 is 0 Å². The molecule has 5 nitrogen and oxygen atoms in total. The van der Waals surface area contributed by atoms with Crippen LogP contribution in [0, 0.1) is 17.2 Å². The number of carbonyl (C=O) groups excluding carboxylic acids is 2. The molecule has 0 aliphatic heterocycles. The van der Waals surface area contributed by atoms with E-state index >= 15 is 0 Å². The summed E-state index contributed by atoms with van der Waals surface area (Å²) in [7, 11) is 0. The van der Waals surface area contributed by atoms with Crippen molar-refractivity contribution in [3.05, 3.63) is 0 Å². The van der Waals surface area contributed by atoms with Gasteiger partial charge >= 0.3 is 0 Å². The molecule has 64 valence electrons. The van der Waals surface area contributed by atoms with Crippen molar-refractivity contribution < 1.29 is 9.59 Å². The summed E-state index contributed by atoms with van der Waals surface area (Å²) in [6, 6.07) is 0.426. The molecule has 1 aliphatic carbocycles.